The third-order valence-electron chi connectivity index (χ3n) is 7.31. The van der Waals surface area contributed by atoms with Gasteiger partial charge in [-0.2, -0.15) is 13.2 Å². The molecule has 1 N–H and O–H groups in total. The number of piperidine rings is 1. The van der Waals surface area contributed by atoms with Crippen molar-refractivity contribution in [2.24, 2.45) is 0 Å². The SMILES string of the molecule is CC(C)N(C)Cn1cc(-c2ccc(F)c(C(F)(F)F)c2)nc1C1CCN(c2ncnc3c2CC(=O)N3)CC1. The molecule has 38 heavy (non-hydrogen) atoms. The molecular formula is C26H29F4N7O. The first-order valence-corrected chi connectivity index (χ1v) is 12.5. The number of amides is 1. The van der Waals surface area contributed by atoms with Crippen LogP contribution in [-0.4, -0.2) is 56.5 Å². The number of nitrogens with zero attached hydrogens (tertiary/aromatic N) is 6. The molecular weight excluding hydrogens is 502 g/mol. The summed E-state index contributed by atoms with van der Waals surface area (Å²) in [7, 11) is 1.97. The fraction of sp³-hybridized carbons (Fsp3) is 0.462. The molecule has 2 aliphatic heterocycles. The van der Waals surface area contributed by atoms with Gasteiger partial charge in [-0.1, -0.05) is 0 Å². The maximum Gasteiger partial charge on any atom is 0.419 e. The Morgan fingerprint density at radius 3 is 2.61 bits per heavy atom. The Morgan fingerprint density at radius 2 is 1.92 bits per heavy atom. The number of hydrogen-bond acceptors (Lipinski definition) is 6. The Bertz CT molecular complexity index is 1350. The molecule has 0 unspecified atom stereocenters. The molecule has 0 atom stereocenters. The first kappa shape index (κ1) is 26.1. The quantitative estimate of drug-likeness (QED) is 0.466. The lowest BCUT2D eigenvalue weighted by Crippen LogP contribution is -2.35. The predicted octanol–water partition coefficient (Wildman–Crippen LogP) is 4.67. The zero-order valence-electron chi connectivity index (χ0n) is 21.4. The topological polar surface area (TPSA) is 79.2 Å². The van der Waals surface area contributed by atoms with Crippen molar-refractivity contribution in [2.45, 2.75) is 57.9 Å². The lowest BCUT2D eigenvalue weighted by Gasteiger charge is -2.34. The monoisotopic (exact) mass is 531 g/mol. The zero-order valence-corrected chi connectivity index (χ0v) is 21.4. The van der Waals surface area contributed by atoms with Crippen LogP contribution in [0.3, 0.4) is 0 Å². The van der Waals surface area contributed by atoms with E-state index in [1.165, 1.54) is 12.4 Å². The summed E-state index contributed by atoms with van der Waals surface area (Å²) in [6.45, 7) is 6.00. The Morgan fingerprint density at radius 1 is 1.18 bits per heavy atom. The lowest BCUT2D eigenvalue weighted by molar-refractivity contribution is -0.140. The van der Waals surface area contributed by atoms with E-state index in [0.717, 1.165) is 42.2 Å². The van der Waals surface area contributed by atoms with Gasteiger partial charge in [-0.15, -0.1) is 0 Å². The normalized spacial score (nSPS) is 16.4. The van der Waals surface area contributed by atoms with Gasteiger partial charge in [-0.3, -0.25) is 9.69 Å². The van der Waals surface area contributed by atoms with E-state index < -0.39 is 17.6 Å². The summed E-state index contributed by atoms with van der Waals surface area (Å²) in [6.07, 6.45) is 0.154. The second-order valence-electron chi connectivity index (χ2n) is 10.1. The van der Waals surface area contributed by atoms with Crippen LogP contribution in [0.1, 0.15) is 49.6 Å². The molecule has 0 radical (unpaired) electrons. The molecule has 4 heterocycles. The van der Waals surface area contributed by atoms with Crippen LogP contribution in [0.25, 0.3) is 11.3 Å². The molecule has 1 saturated heterocycles. The second kappa shape index (κ2) is 9.97. The van der Waals surface area contributed by atoms with Crippen LogP contribution in [-0.2, 0) is 24.1 Å². The molecule has 202 valence electrons. The Labute approximate surface area is 217 Å². The standard InChI is InChI=1S/C26H29F4N7O/c1-15(2)35(3)14-37-12-21(17-4-5-20(27)19(10-17)26(28,29)30)33-24(37)16-6-8-36(9-7-16)25-18-11-22(38)34-23(18)31-13-32-25/h4-5,10,12-13,15-16H,6-9,11,14H2,1-3H3,(H,31,32,34,38). The van der Waals surface area contributed by atoms with Crippen molar-refractivity contribution in [3.8, 4) is 11.3 Å². The molecule has 5 rings (SSSR count). The van der Waals surface area contributed by atoms with Crippen LogP contribution < -0.4 is 10.2 Å². The molecule has 2 aromatic heterocycles. The highest BCUT2D eigenvalue weighted by molar-refractivity contribution is 5.99. The fourth-order valence-electron chi connectivity index (χ4n) is 4.95. The van der Waals surface area contributed by atoms with Gasteiger partial charge < -0.3 is 14.8 Å². The third kappa shape index (κ3) is 5.09. The van der Waals surface area contributed by atoms with Crippen molar-refractivity contribution in [3.05, 3.63) is 53.5 Å². The van der Waals surface area contributed by atoms with Gasteiger partial charge in [0.25, 0.3) is 0 Å². The van der Waals surface area contributed by atoms with Crippen molar-refractivity contribution >= 4 is 17.5 Å². The summed E-state index contributed by atoms with van der Waals surface area (Å²) in [6, 6.07) is 3.25. The summed E-state index contributed by atoms with van der Waals surface area (Å²) in [5.41, 5.74) is 0.0968. The maximum absolute atomic E-state index is 13.9. The van der Waals surface area contributed by atoms with E-state index in [2.05, 4.69) is 38.9 Å². The number of benzene rings is 1. The molecule has 0 saturated carbocycles. The van der Waals surface area contributed by atoms with E-state index in [4.69, 9.17) is 4.98 Å². The van der Waals surface area contributed by atoms with E-state index in [0.29, 0.717) is 31.3 Å². The number of anilines is 2. The molecule has 2 aliphatic rings. The molecule has 1 amide bonds. The molecule has 1 fully saturated rings. The van der Waals surface area contributed by atoms with Gasteiger partial charge in [-0.05, 0) is 51.9 Å². The smallest absolute Gasteiger partial charge is 0.356 e. The number of rotatable bonds is 6. The average molecular weight is 532 g/mol. The summed E-state index contributed by atoms with van der Waals surface area (Å²) < 4.78 is 56.0. The minimum Gasteiger partial charge on any atom is -0.356 e. The highest BCUT2D eigenvalue weighted by Gasteiger charge is 2.35. The van der Waals surface area contributed by atoms with Gasteiger partial charge in [-0.25, -0.2) is 19.3 Å². The van der Waals surface area contributed by atoms with Gasteiger partial charge in [0.1, 0.15) is 29.6 Å². The third-order valence-corrected chi connectivity index (χ3v) is 7.31. The lowest BCUT2D eigenvalue weighted by atomic mass is 9.95. The van der Waals surface area contributed by atoms with Crippen molar-refractivity contribution in [3.63, 3.8) is 0 Å². The van der Waals surface area contributed by atoms with E-state index in [1.807, 2.05) is 11.6 Å². The van der Waals surface area contributed by atoms with E-state index in [9.17, 15) is 22.4 Å². The van der Waals surface area contributed by atoms with Gasteiger partial charge in [0.15, 0.2) is 0 Å². The van der Waals surface area contributed by atoms with Crippen LogP contribution in [0.15, 0.2) is 30.7 Å². The highest BCUT2D eigenvalue weighted by atomic mass is 19.4. The Kier molecular flexibility index (Phi) is 6.84. The first-order valence-electron chi connectivity index (χ1n) is 12.5. The van der Waals surface area contributed by atoms with Crippen molar-refractivity contribution in [1.82, 2.24) is 24.4 Å². The van der Waals surface area contributed by atoms with Crippen LogP contribution >= 0.6 is 0 Å². The summed E-state index contributed by atoms with van der Waals surface area (Å²) >= 11 is 0. The Balaban J connectivity index is 1.42. The summed E-state index contributed by atoms with van der Waals surface area (Å²) in [4.78, 5) is 29.5. The maximum atomic E-state index is 13.9. The molecule has 0 spiro atoms. The van der Waals surface area contributed by atoms with Crippen molar-refractivity contribution in [2.75, 3.05) is 30.4 Å². The minimum absolute atomic E-state index is 0.0674. The minimum atomic E-state index is -4.79. The van der Waals surface area contributed by atoms with Gasteiger partial charge in [0, 0.05) is 42.4 Å². The number of alkyl halides is 3. The zero-order chi connectivity index (χ0) is 27.2. The fourth-order valence-corrected chi connectivity index (χ4v) is 4.95. The van der Waals surface area contributed by atoms with Crippen LogP contribution in [0.5, 0.6) is 0 Å². The first-order chi connectivity index (χ1) is 18.0. The molecule has 1 aromatic carbocycles. The van der Waals surface area contributed by atoms with Gasteiger partial charge >= 0.3 is 6.18 Å². The number of fused-ring (bicyclic) bond motifs is 1. The summed E-state index contributed by atoms with van der Waals surface area (Å²) in [5, 5.41) is 2.75. The van der Waals surface area contributed by atoms with E-state index >= 15 is 0 Å². The van der Waals surface area contributed by atoms with Crippen molar-refractivity contribution in [1.29, 1.82) is 0 Å². The number of imidazole rings is 1. The average Bonchev–Trinajstić information content (AvgIpc) is 3.46. The van der Waals surface area contributed by atoms with E-state index in [-0.39, 0.29) is 29.9 Å². The van der Waals surface area contributed by atoms with Gasteiger partial charge in [0.2, 0.25) is 5.91 Å². The molecule has 8 nitrogen and oxygen atoms in total. The van der Waals surface area contributed by atoms with E-state index in [1.54, 1.807) is 6.20 Å². The number of aromatic nitrogens is 4. The largest absolute Gasteiger partial charge is 0.419 e. The summed E-state index contributed by atoms with van der Waals surface area (Å²) in [5.74, 6) is 0.751. The van der Waals surface area contributed by atoms with Crippen molar-refractivity contribution < 1.29 is 22.4 Å². The molecule has 0 bridgehead atoms. The predicted molar refractivity (Wildman–Crippen MR) is 134 cm³/mol. The second-order valence-corrected chi connectivity index (χ2v) is 10.1. The van der Waals surface area contributed by atoms with Gasteiger partial charge in [0.05, 0.1) is 24.3 Å². The molecule has 12 heteroatoms. The highest BCUT2D eigenvalue weighted by Crippen LogP contribution is 2.37. The van der Waals surface area contributed by atoms with Crippen LogP contribution in [0, 0.1) is 5.82 Å². The van der Waals surface area contributed by atoms with Crippen LogP contribution in [0.2, 0.25) is 0 Å². The molecule has 0 aliphatic carbocycles. The Hall–Kier alpha value is -3.54. The number of carbonyl (C=O) groups excluding carboxylic acids is 1. The number of nitrogens with one attached hydrogen (secondary N) is 1. The number of halogens is 4. The van der Waals surface area contributed by atoms with Crippen LogP contribution in [0.4, 0.5) is 29.2 Å². The number of hydrogen-bond donors (Lipinski definition) is 1. The molecule has 3 aromatic rings. The number of carbonyl (C=O) groups is 1.